The Morgan fingerprint density at radius 1 is 0.479 bits per heavy atom. The molecule has 6 unspecified atom stereocenters. The zero-order valence-electron chi connectivity index (χ0n) is 43.7. The number of aliphatic hydroxyl groups excluding tert-OH is 2. The molecule has 1 saturated heterocycles. The van der Waals surface area contributed by atoms with Gasteiger partial charge in [0.15, 0.2) is 24.6 Å². The van der Waals surface area contributed by atoms with Gasteiger partial charge in [0, 0.05) is 19.3 Å². The molecule has 0 aliphatic carbocycles. The lowest BCUT2D eigenvalue weighted by Gasteiger charge is -2.40. The Kier molecular flexibility index (Phi) is 42.1. The third-order valence-electron chi connectivity index (χ3n) is 11.4. The molecule has 0 saturated carbocycles. The average Bonchev–Trinajstić information content (AvgIpc) is 3.35. The molecule has 1 heterocycles. The van der Waals surface area contributed by atoms with Gasteiger partial charge in [-0.3, -0.25) is 14.4 Å². The zero-order chi connectivity index (χ0) is 51.8. The first-order valence-corrected chi connectivity index (χ1v) is 26.9. The zero-order valence-corrected chi connectivity index (χ0v) is 43.7. The largest absolute Gasteiger partial charge is 0.479 e. The fourth-order valence-electron chi connectivity index (χ4n) is 7.29. The molecule has 0 amide bonds. The maximum Gasteiger partial charge on any atom is 0.335 e. The first kappa shape index (κ1) is 64.4. The number of allylic oxidation sites excluding steroid dienone is 18. The fourth-order valence-corrected chi connectivity index (χ4v) is 7.29. The summed E-state index contributed by atoms with van der Waals surface area (Å²) in [6.07, 6.45) is 49.6. The van der Waals surface area contributed by atoms with Crippen LogP contribution < -0.4 is 0 Å². The molecule has 1 rings (SSSR count). The normalized spacial score (nSPS) is 19.4. The summed E-state index contributed by atoms with van der Waals surface area (Å²) in [5, 5.41) is 31.3. The summed E-state index contributed by atoms with van der Waals surface area (Å²) in [6, 6.07) is 0. The van der Waals surface area contributed by atoms with Crippen LogP contribution in [0.15, 0.2) is 109 Å². The maximum absolute atomic E-state index is 13.0. The highest BCUT2D eigenvalue weighted by Gasteiger charge is 2.50. The van der Waals surface area contributed by atoms with Crippen LogP contribution in [0.4, 0.5) is 0 Å². The van der Waals surface area contributed by atoms with Crippen molar-refractivity contribution in [1.82, 2.24) is 0 Å². The molecule has 0 radical (unpaired) electrons. The maximum atomic E-state index is 13.0. The first-order chi connectivity index (χ1) is 34.6. The molecule has 3 N–H and O–H groups in total. The number of hydrogen-bond acceptors (Lipinski definition) is 11. The lowest BCUT2D eigenvalue weighted by Crippen LogP contribution is -2.61. The molecule has 1 aliphatic rings. The topological polar surface area (TPSA) is 175 Å². The number of ether oxygens (including phenoxy) is 5. The predicted molar refractivity (Wildman–Crippen MR) is 284 cm³/mol. The van der Waals surface area contributed by atoms with E-state index >= 15 is 0 Å². The molecule has 12 heteroatoms. The lowest BCUT2D eigenvalue weighted by molar-refractivity contribution is -0.301. The Morgan fingerprint density at radius 2 is 0.915 bits per heavy atom. The second-order valence-corrected chi connectivity index (χ2v) is 17.8. The Balaban J connectivity index is 2.75. The summed E-state index contributed by atoms with van der Waals surface area (Å²) < 4.78 is 28.1. The van der Waals surface area contributed by atoms with Gasteiger partial charge in [-0.2, -0.15) is 0 Å². The number of hydrogen-bond donors (Lipinski definition) is 3. The fraction of sp³-hybridized carbons (Fsp3) is 0.627. The number of carbonyl (C=O) groups is 4. The second kappa shape index (κ2) is 46.5. The van der Waals surface area contributed by atoms with E-state index in [0.29, 0.717) is 25.7 Å². The Morgan fingerprint density at radius 3 is 1.41 bits per heavy atom. The molecule has 71 heavy (non-hydrogen) atoms. The van der Waals surface area contributed by atoms with Crippen LogP contribution >= 0.6 is 0 Å². The number of carbonyl (C=O) groups excluding carboxylic acids is 3. The molecular formula is C59H92O12. The molecule has 0 bridgehead atoms. The van der Waals surface area contributed by atoms with Crippen LogP contribution in [0.5, 0.6) is 0 Å². The van der Waals surface area contributed by atoms with Gasteiger partial charge in [-0.15, -0.1) is 0 Å². The Labute approximate surface area is 427 Å². The van der Waals surface area contributed by atoms with Gasteiger partial charge in [-0.05, 0) is 89.9 Å². The van der Waals surface area contributed by atoms with Crippen LogP contribution in [-0.2, 0) is 42.9 Å². The van der Waals surface area contributed by atoms with Gasteiger partial charge in [0.1, 0.15) is 18.8 Å². The van der Waals surface area contributed by atoms with Crippen molar-refractivity contribution in [1.29, 1.82) is 0 Å². The lowest BCUT2D eigenvalue weighted by atomic mass is 9.98. The molecule has 400 valence electrons. The number of rotatable bonds is 43. The number of unbranched alkanes of at least 4 members (excludes halogenated alkanes) is 11. The van der Waals surface area contributed by atoms with Crippen LogP contribution in [-0.4, -0.2) is 89.2 Å². The van der Waals surface area contributed by atoms with Crippen LogP contribution in [0.1, 0.15) is 188 Å². The van der Waals surface area contributed by atoms with Crippen molar-refractivity contribution < 1.29 is 58.2 Å². The highest BCUT2D eigenvalue weighted by atomic mass is 16.7. The smallest absolute Gasteiger partial charge is 0.335 e. The van der Waals surface area contributed by atoms with Crippen molar-refractivity contribution in [2.75, 3.05) is 13.2 Å². The van der Waals surface area contributed by atoms with Gasteiger partial charge in [0.25, 0.3) is 0 Å². The van der Waals surface area contributed by atoms with Gasteiger partial charge in [-0.25, -0.2) is 4.79 Å². The van der Waals surface area contributed by atoms with Crippen molar-refractivity contribution in [2.45, 2.75) is 225 Å². The minimum atomic E-state index is -1.93. The van der Waals surface area contributed by atoms with Crippen molar-refractivity contribution in [3.63, 3.8) is 0 Å². The van der Waals surface area contributed by atoms with Gasteiger partial charge >= 0.3 is 23.9 Å². The van der Waals surface area contributed by atoms with E-state index in [1.54, 1.807) is 0 Å². The quantitative estimate of drug-likeness (QED) is 0.0229. The third kappa shape index (κ3) is 36.9. The SMILES string of the molecule is CC/C=C\C/C=C\C/C=C\C/C=C\C/C=C\C/C=C\CCC(=O)OC1C(OCC(COC(=O)CCCCC/C=C\C/C=C\C/C=C\CC)OC(=O)CCCCCCCCCCC)OC(C(=O)O)C(O)C1O. The molecular weight excluding hydrogens is 901 g/mol. The summed E-state index contributed by atoms with van der Waals surface area (Å²) in [5.74, 6) is -3.29. The van der Waals surface area contributed by atoms with E-state index in [9.17, 15) is 34.5 Å². The third-order valence-corrected chi connectivity index (χ3v) is 11.4. The number of esters is 3. The van der Waals surface area contributed by atoms with Gasteiger partial charge < -0.3 is 39.0 Å². The van der Waals surface area contributed by atoms with Crippen LogP contribution in [0.3, 0.4) is 0 Å². The van der Waals surface area contributed by atoms with E-state index in [4.69, 9.17) is 23.7 Å². The van der Waals surface area contributed by atoms with Crippen LogP contribution in [0, 0.1) is 0 Å². The average molecular weight is 993 g/mol. The highest BCUT2D eigenvalue weighted by Crippen LogP contribution is 2.26. The summed E-state index contributed by atoms with van der Waals surface area (Å²) in [7, 11) is 0. The van der Waals surface area contributed by atoms with Crippen LogP contribution in [0.25, 0.3) is 0 Å². The van der Waals surface area contributed by atoms with Crippen molar-refractivity contribution >= 4 is 23.9 Å². The number of carboxylic acids is 1. The summed E-state index contributed by atoms with van der Waals surface area (Å²) in [5.41, 5.74) is 0. The number of carboxylic acid groups (broad SMARTS) is 1. The standard InChI is InChI=1S/C59H92O12/c1-4-7-10-13-16-19-21-23-24-25-26-27-28-30-32-35-38-41-44-47-53(62)70-57-55(64)54(63)56(58(65)66)71-59(57)68-49-50(69-52(61)46-43-40-37-33-18-15-12-9-6-3)48-67-51(60)45-42-39-36-34-31-29-22-20-17-14-11-8-5-2/h7-8,10-11,16-17,19-20,23-24,26-27,29-32,38,41,50,54-57,59,63-64H,4-6,9,12-15,18,21-22,25,28,33-37,39-40,42-49H2,1-3H3,(H,65,66)/b10-7-,11-8-,19-16-,20-17-,24-23-,27-26-,31-29-,32-30-,41-38-. The molecule has 0 spiro atoms. The van der Waals surface area contributed by atoms with E-state index in [0.717, 1.165) is 89.9 Å². The predicted octanol–water partition coefficient (Wildman–Crippen LogP) is 13.1. The summed E-state index contributed by atoms with van der Waals surface area (Å²) in [4.78, 5) is 50.8. The monoisotopic (exact) mass is 993 g/mol. The van der Waals surface area contributed by atoms with Crippen molar-refractivity contribution in [3.8, 4) is 0 Å². The molecule has 0 aromatic rings. The molecule has 1 fully saturated rings. The molecule has 6 atom stereocenters. The summed E-state index contributed by atoms with van der Waals surface area (Å²) >= 11 is 0. The summed E-state index contributed by atoms with van der Waals surface area (Å²) in [6.45, 7) is 5.64. The number of aliphatic carboxylic acids is 1. The van der Waals surface area contributed by atoms with E-state index in [-0.39, 0.29) is 25.9 Å². The van der Waals surface area contributed by atoms with E-state index < -0.39 is 67.3 Å². The van der Waals surface area contributed by atoms with Gasteiger partial charge in [-0.1, -0.05) is 188 Å². The minimum Gasteiger partial charge on any atom is -0.479 e. The molecule has 1 aliphatic heterocycles. The number of aliphatic hydroxyl groups is 2. The van der Waals surface area contributed by atoms with Gasteiger partial charge in [0.05, 0.1) is 6.61 Å². The second-order valence-electron chi connectivity index (χ2n) is 17.8. The minimum absolute atomic E-state index is 0.0721. The van der Waals surface area contributed by atoms with Gasteiger partial charge in [0.2, 0.25) is 0 Å². The van der Waals surface area contributed by atoms with E-state index in [1.165, 1.54) is 32.1 Å². The highest BCUT2D eigenvalue weighted by molar-refractivity contribution is 5.74. The molecule has 12 nitrogen and oxygen atoms in total. The van der Waals surface area contributed by atoms with E-state index in [1.807, 2.05) is 18.2 Å². The first-order valence-electron chi connectivity index (χ1n) is 26.9. The Hall–Kier alpha value is -4.62. The Bertz CT molecular complexity index is 1650. The van der Waals surface area contributed by atoms with E-state index in [2.05, 4.69) is 112 Å². The molecule has 0 aromatic carbocycles. The van der Waals surface area contributed by atoms with Crippen molar-refractivity contribution in [2.24, 2.45) is 0 Å². The van der Waals surface area contributed by atoms with Crippen LogP contribution in [0.2, 0.25) is 0 Å². The van der Waals surface area contributed by atoms with Crippen molar-refractivity contribution in [3.05, 3.63) is 109 Å². The molecule has 0 aromatic heterocycles.